The molecule has 1 aliphatic carbocycles. The quantitative estimate of drug-likeness (QED) is 0.818. The lowest BCUT2D eigenvalue weighted by atomic mass is 9.85. The second-order valence-electron chi connectivity index (χ2n) is 6.88. The molecule has 0 radical (unpaired) electrons. The predicted molar refractivity (Wildman–Crippen MR) is 82.1 cm³/mol. The van der Waals surface area contributed by atoms with Gasteiger partial charge in [-0.25, -0.2) is 8.42 Å². The summed E-state index contributed by atoms with van der Waals surface area (Å²) in [6.07, 6.45) is 5.17. The standard InChI is InChI=1S/C15H31NO2S/c1-11(2)15(12(3)4)10-16-13-7-6-8-14(9-13)19(5,17)18/h11-16H,6-10H2,1-5H3. The minimum atomic E-state index is -2.87. The average molecular weight is 289 g/mol. The summed E-state index contributed by atoms with van der Waals surface area (Å²) in [4.78, 5) is 0. The Bertz CT molecular complexity index is 354. The smallest absolute Gasteiger partial charge is 0.150 e. The van der Waals surface area contributed by atoms with Gasteiger partial charge < -0.3 is 5.32 Å². The van der Waals surface area contributed by atoms with E-state index in [4.69, 9.17) is 0 Å². The molecule has 0 heterocycles. The summed E-state index contributed by atoms with van der Waals surface area (Å²) in [5.74, 6) is 2.00. The van der Waals surface area contributed by atoms with Gasteiger partial charge in [0.2, 0.25) is 0 Å². The Morgan fingerprint density at radius 1 is 1.11 bits per heavy atom. The van der Waals surface area contributed by atoms with E-state index in [2.05, 4.69) is 33.0 Å². The van der Waals surface area contributed by atoms with Gasteiger partial charge in [-0.2, -0.15) is 0 Å². The van der Waals surface area contributed by atoms with Gasteiger partial charge in [-0.1, -0.05) is 34.1 Å². The Hall–Kier alpha value is -0.0900. The van der Waals surface area contributed by atoms with E-state index in [0.29, 0.717) is 23.8 Å². The largest absolute Gasteiger partial charge is 0.314 e. The lowest BCUT2D eigenvalue weighted by Gasteiger charge is -2.32. The molecular formula is C15H31NO2S. The lowest BCUT2D eigenvalue weighted by molar-refractivity contribution is 0.252. The van der Waals surface area contributed by atoms with Crippen LogP contribution in [0, 0.1) is 17.8 Å². The molecule has 1 rings (SSSR count). The van der Waals surface area contributed by atoms with Gasteiger partial charge in [0.05, 0.1) is 5.25 Å². The highest BCUT2D eigenvalue weighted by Crippen LogP contribution is 2.25. The highest BCUT2D eigenvalue weighted by Gasteiger charge is 2.29. The summed E-state index contributed by atoms with van der Waals surface area (Å²) < 4.78 is 23.3. The van der Waals surface area contributed by atoms with E-state index >= 15 is 0 Å². The Labute approximate surface area is 119 Å². The third-order valence-electron chi connectivity index (χ3n) is 4.59. The Morgan fingerprint density at radius 2 is 1.68 bits per heavy atom. The SMILES string of the molecule is CC(C)C(CNC1CCCC(S(C)(=O)=O)C1)C(C)C. The summed E-state index contributed by atoms with van der Waals surface area (Å²) in [5.41, 5.74) is 0. The third-order valence-corrected chi connectivity index (χ3v) is 6.23. The summed E-state index contributed by atoms with van der Waals surface area (Å²) in [5, 5.41) is 3.49. The normalized spacial score (nSPS) is 25.5. The van der Waals surface area contributed by atoms with Crippen LogP contribution in [0.5, 0.6) is 0 Å². The van der Waals surface area contributed by atoms with Crippen molar-refractivity contribution in [1.82, 2.24) is 5.32 Å². The summed E-state index contributed by atoms with van der Waals surface area (Å²) in [6.45, 7) is 10.1. The first-order valence-corrected chi connectivity index (χ1v) is 9.59. The zero-order chi connectivity index (χ0) is 14.6. The van der Waals surface area contributed by atoms with E-state index in [1.165, 1.54) is 6.26 Å². The van der Waals surface area contributed by atoms with Crippen LogP contribution in [0.3, 0.4) is 0 Å². The Balaban J connectivity index is 2.49. The van der Waals surface area contributed by atoms with Crippen LogP contribution in [-0.2, 0) is 9.84 Å². The molecule has 0 aromatic rings. The first kappa shape index (κ1) is 17.0. The van der Waals surface area contributed by atoms with Crippen LogP contribution >= 0.6 is 0 Å². The summed E-state index contributed by atoms with van der Waals surface area (Å²) >= 11 is 0. The van der Waals surface area contributed by atoms with Crippen LogP contribution in [0.25, 0.3) is 0 Å². The van der Waals surface area contributed by atoms with Gasteiger partial charge in [0.15, 0.2) is 0 Å². The molecule has 0 saturated heterocycles. The van der Waals surface area contributed by atoms with Gasteiger partial charge in [0.1, 0.15) is 9.84 Å². The molecule has 0 amide bonds. The van der Waals surface area contributed by atoms with Crippen molar-refractivity contribution in [2.45, 2.75) is 64.7 Å². The number of sulfone groups is 1. The number of hydrogen-bond acceptors (Lipinski definition) is 3. The molecule has 3 nitrogen and oxygen atoms in total. The van der Waals surface area contributed by atoms with Gasteiger partial charge in [0, 0.05) is 12.3 Å². The van der Waals surface area contributed by atoms with Crippen molar-refractivity contribution in [3.8, 4) is 0 Å². The number of nitrogens with one attached hydrogen (secondary N) is 1. The molecule has 0 aromatic carbocycles. The molecular weight excluding hydrogens is 258 g/mol. The summed E-state index contributed by atoms with van der Waals surface area (Å²) in [6, 6.07) is 0.383. The van der Waals surface area contributed by atoms with Gasteiger partial charge in [-0.05, 0) is 43.6 Å². The molecule has 0 spiro atoms. The van der Waals surface area contributed by atoms with Crippen molar-refractivity contribution in [3.05, 3.63) is 0 Å². The van der Waals surface area contributed by atoms with Crippen molar-refractivity contribution < 1.29 is 8.42 Å². The van der Waals surface area contributed by atoms with E-state index in [1.54, 1.807) is 0 Å². The monoisotopic (exact) mass is 289 g/mol. The molecule has 1 fully saturated rings. The minimum Gasteiger partial charge on any atom is -0.314 e. The van der Waals surface area contributed by atoms with Gasteiger partial charge in [-0.15, -0.1) is 0 Å². The maximum atomic E-state index is 11.7. The van der Waals surface area contributed by atoms with Crippen LogP contribution in [0.15, 0.2) is 0 Å². The average Bonchev–Trinajstić information content (AvgIpc) is 2.27. The molecule has 0 aromatic heterocycles. The molecule has 0 aliphatic heterocycles. The lowest BCUT2D eigenvalue weighted by Crippen LogP contribution is -2.42. The zero-order valence-electron chi connectivity index (χ0n) is 13.1. The van der Waals surface area contributed by atoms with Crippen molar-refractivity contribution in [3.63, 3.8) is 0 Å². The van der Waals surface area contributed by atoms with Gasteiger partial charge >= 0.3 is 0 Å². The predicted octanol–water partition coefficient (Wildman–Crippen LogP) is 2.86. The molecule has 114 valence electrons. The maximum Gasteiger partial charge on any atom is 0.150 e. The first-order valence-electron chi connectivity index (χ1n) is 7.64. The molecule has 0 bridgehead atoms. The molecule has 1 N–H and O–H groups in total. The van der Waals surface area contributed by atoms with Crippen LogP contribution < -0.4 is 5.32 Å². The topological polar surface area (TPSA) is 46.2 Å². The van der Waals surface area contributed by atoms with Gasteiger partial charge in [-0.3, -0.25) is 0 Å². The van der Waals surface area contributed by atoms with Crippen molar-refractivity contribution >= 4 is 9.84 Å². The molecule has 4 heteroatoms. The van der Waals surface area contributed by atoms with Gasteiger partial charge in [0.25, 0.3) is 0 Å². The van der Waals surface area contributed by atoms with E-state index in [1.807, 2.05) is 0 Å². The Kier molecular flexibility index (Phi) is 6.31. The Morgan fingerprint density at radius 3 is 2.16 bits per heavy atom. The number of rotatable bonds is 6. The van der Waals surface area contributed by atoms with E-state index in [9.17, 15) is 8.42 Å². The molecule has 2 unspecified atom stereocenters. The highest BCUT2D eigenvalue weighted by molar-refractivity contribution is 7.91. The fourth-order valence-corrected chi connectivity index (χ4v) is 4.44. The highest BCUT2D eigenvalue weighted by atomic mass is 32.2. The maximum absolute atomic E-state index is 11.7. The van der Waals surface area contributed by atoms with Crippen molar-refractivity contribution in [2.75, 3.05) is 12.8 Å². The molecule has 2 atom stereocenters. The molecule has 1 saturated carbocycles. The fourth-order valence-electron chi connectivity index (χ4n) is 3.26. The number of hydrogen-bond donors (Lipinski definition) is 1. The fraction of sp³-hybridized carbons (Fsp3) is 1.00. The molecule has 19 heavy (non-hydrogen) atoms. The first-order chi connectivity index (χ1) is 8.71. The molecule has 1 aliphatic rings. The van der Waals surface area contributed by atoms with Crippen LogP contribution in [0.2, 0.25) is 0 Å². The van der Waals surface area contributed by atoms with Crippen LogP contribution in [-0.4, -0.2) is 32.5 Å². The van der Waals surface area contributed by atoms with E-state index in [0.717, 1.165) is 32.2 Å². The second-order valence-corrected chi connectivity index (χ2v) is 9.20. The van der Waals surface area contributed by atoms with E-state index in [-0.39, 0.29) is 5.25 Å². The van der Waals surface area contributed by atoms with Crippen LogP contribution in [0.4, 0.5) is 0 Å². The van der Waals surface area contributed by atoms with E-state index < -0.39 is 9.84 Å². The third kappa shape index (κ3) is 5.42. The minimum absolute atomic E-state index is 0.129. The van der Waals surface area contributed by atoms with Crippen molar-refractivity contribution in [1.29, 1.82) is 0 Å². The van der Waals surface area contributed by atoms with Crippen LogP contribution in [0.1, 0.15) is 53.4 Å². The zero-order valence-corrected chi connectivity index (χ0v) is 14.0. The van der Waals surface area contributed by atoms with Crippen molar-refractivity contribution in [2.24, 2.45) is 17.8 Å². The summed E-state index contributed by atoms with van der Waals surface area (Å²) in [7, 11) is -2.87. The second kappa shape index (κ2) is 7.07.